The average molecular weight is 420 g/mol. The third kappa shape index (κ3) is 5.33. The van der Waals surface area contributed by atoms with Gasteiger partial charge < -0.3 is 14.8 Å². The topological polar surface area (TPSA) is 111 Å². The summed E-state index contributed by atoms with van der Waals surface area (Å²) < 4.78 is 36.4. The first-order valence-corrected chi connectivity index (χ1v) is 10.2. The molecular weight excluding hydrogens is 396 g/mol. The Kier molecular flexibility index (Phi) is 6.99. The van der Waals surface area contributed by atoms with E-state index in [1.165, 1.54) is 26.3 Å². The van der Waals surface area contributed by atoms with E-state index < -0.39 is 28.5 Å². The van der Waals surface area contributed by atoms with Gasteiger partial charge in [0, 0.05) is 5.69 Å². The van der Waals surface area contributed by atoms with Gasteiger partial charge in [0.05, 0.1) is 12.7 Å². The lowest BCUT2D eigenvalue weighted by atomic mass is 10.1. The number of esters is 1. The van der Waals surface area contributed by atoms with E-state index in [1.807, 2.05) is 32.9 Å². The van der Waals surface area contributed by atoms with Gasteiger partial charge in [-0.3, -0.25) is 4.79 Å². The van der Waals surface area contributed by atoms with Gasteiger partial charge in [-0.15, -0.1) is 0 Å². The Bertz CT molecular complexity index is 1020. The van der Waals surface area contributed by atoms with Gasteiger partial charge in [0.15, 0.2) is 6.61 Å². The molecule has 29 heavy (non-hydrogen) atoms. The summed E-state index contributed by atoms with van der Waals surface area (Å²) in [7, 11) is -1.27. The Morgan fingerprint density at radius 3 is 2.21 bits per heavy atom. The zero-order valence-electron chi connectivity index (χ0n) is 17.0. The molecule has 0 atom stereocenters. The van der Waals surface area contributed by atoms with Gasteiger partial charge >= 0.3 is 5.97 Å². The van der Waals surface area contributed by atoms with Crippen molar-refractivity contribution in [1.82, 2.24) is 4.72 Å². The smallest absolute Gasteiger partial charge is 0.338 e. The number of benzene rings is 2. The summed E-state index contributed by atoms with van der Waals surface area (Å²) in [5.74, 6) is -1.24. The zero-order valence-corrected chi connectivity index (χ0v) is 17.8. The summed E-state index contributed by atoms with van der Waals surface area (Å²) >= 11 is 0. The van der Waals surface area contributed by atoms with Crippen molar-refractivity contribution in [2.24, 2.45) is 0 Å². The van der Waals surface area contributed by atoms with E-state index in [4.69, 9.17) is 9.47 Å². The number of aryl methyl sites for hydroxylation is 3. The van der Waals surface area contributed by atoms with E-state index in [9.17, 15) is 18.0 Å². The molecule has 0 aromatic heterocycles. The molecule has 0 saturated carbocycles. The molecule has 156 valence electrons. The molecule has 2 rings (SSSR count). The average Bonchev–Trinajstić information content (AvgIpc) is 2.68. The minimum Gasteiger partial charge on any atom is -0.495 e. The zero-order chi connectivity index (χ0) is 21.8. The first kappa shape index (κ1) is 22.4. The number of nitrogens with one attached hydrogen (secondary N) is 2. The van der Waals surface area contributed by atoms with E-state index in [0.29, 0.717) is 5.69 Å². The molecule has 0 bridgehead atoms. The van der Waals surface area contributed by atoms with Crippen LogP contribution in [0.15, 0.2) is 35.2 Å². The maximum atomic E-state index is 12.3. The van der Waals surface area contributed by atoms with Gasteiger partial charge in [-0.1, -0.05) is 17.7 Å². The Morgan fingerprint density at radius 1 is 1.03 bits per heavy atom. The van der Waals surface area contributed by atoms with Crippen LogP contribution in [0.25, 0.3) is 0 Å². The summed E-state index contributed by atoms with van der Waals surface area (Å²) in [5, 5.41) is 2.73. The predicted molar refractivity (Wildman–Crippen MR) is 109 cm³/mol. The van der Waals surface area contributed by atoms with E-state index in [1.54, 1.807) is 0 Å². The quantitative estimate of drug-likeness (QED) is 0.665. The summed E-state index contributed by atoms with van der Waals surface area (Å²) in [4.78, 5) is 24.3. The molecule has 0 aliphatic carbocycles. The van der Waals surface area contributed by atoms with Crippen LogP contribution in [0.4, 0.5) is 5.69 Å². The summed E-state index contributed by atoms with van der Waals surface area (Å²) in [6.07, 6.45) is 0. The maximum Gasteiger partial charge on any atom is 0.338 e. The van der Waals surface area contributed by atoms with E-state index in [-0.39, 0.29) is 16.2 Å². The number of ether oxygens (including phenoxy) is 2. The van der Waals surface area contributed by atoms with Crippen molar-refractivity contribution >= 4 is 27.6 Å². The van der Waals surface area contributed by atoms with Crippen molar-refractivity contribution in [3.05, 3.63) is 52.6 Å². The van der Waals surface area contributed by atoms with Crippen LogP contribution in [0.5, 0.6) is 5.75 Å². The number of rotatable bonds is 7. The van der Waals surface area contributed by atoms with Crippen molar-refractivity contribution < 1.29 is 27.5 Å². The molecule has 2 aromatic rings. The third-order valence-corrected chi connectivity index (χ3v) is 5.67. The molecule has 2 N–H and O–H groups in total. The highest BCUT2D eigenvalue weighted by Gasteiger charge is 2.21. The van der Waals surface area contributed by atoms with Crippen LogP contribution in [0.2, 0.25) is 0 Å². The van der Waals surface area contributed by atoms with Gasteiger partial charge in [0.2, 0.25) is 10.0 Å². The predicted octanol–water partition coefficient (Wildman–Crippen LogP) is 2.32. The van der Waals surface area contributed by atoms with Crippen molar-refractivity contribution in [2.75, 3.05) is 26.1 Å². The SMILES string of the molecule is CNS(=O)(=O)c1cc(C(=O)OCC(=O)Nc2c(C)cc(C)cc2C)ccc1OC. The molecule has 0 radical (unpaired) electrons. The van der Waals surface area contributed by atoms with Gasteiger partial charge in [-0.05, 0) is 57.1 Å². The second-order valence-electron chi connectivity index (χ2n) is 6.47. The molecule has 8 nitrogen and oxygen atoms in total. The van der Waals surface area contributed by atoms with Gasteiger partial charge in [0.25, 0.3) is 5.91 Å². The van der Waals surface area contributed by atoms with Crippen molar-refractivity contribution in [3.8, 4) is 5.75 Å². The molecule has 0 heterocycles. The van der Waals surface area contributed by atoms with Crippen LogP contribution in [0.3, 0.4) is 0 Å². The lowest BCUT2D eigenvalue weighted by Crippen LogP contribution is -2.22. The normalized spacial score (nSPS) is 11.1. The molecular formula is C20H24N2O6S. The fraction of sp³-hybridized carbons (Fsp3) is 0.300. The van der Waals surface area contributed by atoms with Gasteiger partial charge in [-0.2, -0.15) is 0 Å². The second-order valence-corrected chi connectivity index (χ2v) is 8.33. The fourth-order valence-electron chi connectivity index (χ4n) is 2.89. The molecule has 0 saturated heterocycles. The van der Waals surface area contributed by atoms with Crippen molar-refractivity contribution in [2.45, 2.75) is 25.7 Å². The van der Waals surface area contributed by atoms with Crippen LogP contribution in [-0.2, 0) is 19.6 Å². The van der Waals surface area contributed by atoms with E-state index in [0.717, 1.165) is 22.8 Å². The monoisotopic (exact) mass is 420 g/mol. The molecule has 0 unspecified atom stereocenters. The Labute approximate surface area is 170 Å². The molecule has 0 aliphatic heterocycles. The lowest BCUT2D eigenvalue weighted by molar-refractivity contribution is -0.119. The summed E-state index contributed by atoms with van der Waals surface area (Å²) in [6.45, 7) is 5.21. The van der Waals surface area contributed by atoms with Crippen LogP contribution >= 0.6 is 0 Å². The van der Waals surface area contributed by atoms with Crippen molar-refractivity contribution in [3.63, 3.8) is 0 Å². The number of sulfonamides is 1. The Morgan fingerprint density at radius 2 is 1.66 bits per heavy atom. The molecule has 0 spiro atoms. The number of anilines is 1. The first-order chi connectivity index (χ1) is 13.6. The summed E-state index contributed by atoms with van der Waals surface area (Å²) in [6, 6.07) is 7.73. The highest BCUT2D eigenvalue weighted by Crippen LogP contribution is 2.25. The van der Waals surface area contributed by atoms with Crippen LogP contribution in [0.1, 0.15) is 27.0 Å². The van der Waals surface area contributed by atoms with E-state index >= 15 is 0 Å². The van der Waals surface area contributed by atoms with Gasteiger partial charge in [-0.25, -0.2) is 17.9 Å². The second kappa shape index (κ2) is 9.06. The van der Waals surface area contributed by atoms with Crippen LogP contribution in [-0.4, -0.2) is 41.1 Å². The van der Waals surface area contributed by atoms with E-state index in [2.05, 4.69) is 10.0 Å². The number of hydrogen-bond donors (Lipinski definition) is 2. The van der Waals surface area contributed by atoms with Crippen LogP contribution in [0, 0.1) is 20.8 Å². The van der Waals surface area contributed by atoms with Crippen LogP contribution < -0.4 is 14.8 Å². The minimum absolute atomic E-state index is 0.0184. The maximum absolute atomic E-state index is 12.3. The fourth-order valence-corrected chi connectivity index (χ4v) is 3.81. The Balaban J connectivity index is 2.11. The molecule has 0 aliphatic rings. The third-order valence-electron chi connectivity index (χ3n) is 4.23. The first-order valence-electron chi connectivity index (χ1n) is 8.75. The number of amides is 1. The number of carbonyl (C=O) groups excluding carboxylic acids is 2. The lowest BCUT2D eigenvalue weighted by Gasteiger charge is -2.13. The number of methoxy groups -OCH3 is 1. The molecule has 0 fully saturated rings. The summed E-state index contributed by atoms with van der Waals surface area (Å²) in [5.41, 5.74) is 3.54. The molecule has 1 amide bonds. The minimum atomic E-state index is -3.84. The van der Waals surface area contributed by atoms with Crippen molar-refractivity contribution in [1.29, 1.82) is 0 Å². The highest BCUT2D eigenvalue weighted by molar-refractivity contribution is 7.89. The molecule has 2 aromatic carbocycles. The number of carbonyl (C=O) groups is 2. The largest absolute Gasteiger partial charge is 0.495 e. The standard InChI is InChI=1S/C20H24N2O6S/c1-12-8-13(2)19(14(3)9-12)22-18(23)11-28-20(24)15-6-7-16(27-5)17(10-15)29(25,26)21-4/h6-10,21H,11H2,1-5H3,(H,22,23). The highest BCUT2D eigenvalue weighted by atomic mass is 32.2. The number of hydrogen-bond acceptors (Lipinski definition) is 6. The molecule has 9 heteroatoms. The Hall–Kier alpha value is -2.91. The van der Waals surface area contributed by atoms with Gasteiger partial charge in [0.1, 0.15) is 10.6 Å².